The van der Waals surface area contributed by atoms with Gasteiger partial charge in [0.1, 0.15) is 6.10 Å². The van der Waals surface area contributed by atoms with Crippen LogP contribution >= 0.6 is 0 Å². The molecule has 0 aromatic heterocycles. The van der Waals surface area contributed by atoms with Crippen molar-refractivity contribution >= 4 is 6.08 Å². The van der Waals surface area contributed by atoms with Crippen LogP contribution in [0.3, 0.4) is 0 Å². The highest BCUT2D eigenvalue weighted by molar-refractivity contribution is 5.62. The Morgan fingerprint density at radius 3 is 3.05 bits per heavy atom. The van der Waals surface area contributed by atoms with Crippen molar-refractivity contribution in [3.05, 3.63) is 29.8 Å². The van der Waals surface area contributed by atoms with Crippen LogP contribution in [0.2, 0.25) is 0 Å². The van der Waals surface area contributed by atoms with Crippen LogP contribution in [-0.2, 0) is 4.74 Å². The number of ether oxygens (including phenoxy) is 3. The predicted molar refractivity (Wildman–Crippen MR) is 75.6 cm³/mol. The zero-order valence-electron chi connectivity index (χ0n) is 11.3. The average Bonchev–Trinajstić information content (AvgIpc) is 2.46. The Kier molecular flexibility index (Phi) is 5.24. The summed E-state index contributed by atoms with van der Waals surface area (Å²) in [4.78, 5) is 0. The SMILES string of the molecule is COc1c(/C=C/CN)cccc1OC1CCCOC1. The smallest absolute Gasteiger partial charge is 0.167 e. The van der Waals surface area contributed by atoms with Gasteiger partial charge in [-0.25, -0.2) is 0 Å². The molecule has 1 unspecified atom stereocenters. The van der Waals surface area contributed by atoms with Gasteiger partial charge in [0.15, 0.2) is 11.5 Å². The molecule has 1 fully saturated rings. The number of rotatable bonds is 5. The normalized spacial score (nSPS) is 19.6. The summed E-state index contributed by atoms with van der Waals surface area (Å²) in [5.41, 5.74) is 6.45. The molecule has 2 rings (SSSR count). The fourth-order valence-electron chi connectivity index (χ4n) is 2.15. The molecule has 104 valence electrons. The molecule has 1 aromatic rings. The van der Waals surface area contributed by atoms with Crippen molar-refractivity contribution in [3.8, 4) is 11.5 Å². The molecule has 0 bridgehead atoms. The van der Waals surface area contributed by atoms with E-state index in [0.29, 0.717) is 13.2 Å². The molecule has 1 aliphatic rings. The largest absolute Gasteiger partial charge is 0.492 e. The first kappa shape index (κ1) is 13.9. The van der Waals surface area contributed by atoms with Crippen molar-refractivity contribution in [3.63, 3.8) is 0 Å². The second-order valence-electron chi connectivity index (χ2n) is 4.47. The second kappa shape index (κ2) is 7.16. The van der Waals surface area contributed by atoms with Gasteiger partial charge in [-0.05, 0) is 18.9 Å². The van der Waals surface area contributed by atoms with Gasteiger partial charge < -0.3 is 19.9 Å². The van der Waals surface area contributed by atoms with Crippen molar-refractivity contribution in [2.75, 3.05) is 26.9 Å². The van der Waals surface area contributed by atoms with Gasteiger partial charge in [-0.15, -0.1) is 0 Å². The summed E-state index contributed by atoms with van der Waals surface area (Å²) >= 11 is 0. The van der Waals surface area contributed by atoms with Gasteiger partial charge in [0, 0.05) is 18.7 Å². The van der Waals surface area contributed by atoms with Gasteiger partial charge in [-0.2, -0.15) is 0 Å². The molecule has 2 N–H and O–H groups in total. The van der Waals surface area contributed by atoms with E-state index in [9.17, 15) is 0 Å². The molecule has 4 heteroatoms. The number of hydrogen-bond donors (Lipinski definition) is 1. The lowest BCUT2D eigenvalue weighted by Gasteiger charge is -2.24. The minimum absolute atomic E-state index is 0.108. The zero-order chi connectivity index (χ0) is 13.5. The average molecular weight is 263 g/mol. The molecule has 0 amide bonds. The first-order valence-electron chi connectivity index (χ1n) is 6.63. The van der Waals surface area contributed by atoms with Crippen molar-refractivity contribution in [2.24, 2.45) is 5.73 Å². The van der Waals surface area contributed by atoms with Crippen LogP contribution in [0.1, 0.15) is 18.4 Å². The summed E-state index contributed by atoms with van der Waals surface area (Å²) in [5.74, 6) is 1.51. The highest BCUT2D eigenvalue weighted by Crippen LogP contribution is 2.33. The van der Waals surface area contributed by atoms with Crippen LogP contribution in [-0.4, -0.2) is 33.0 Å². The second-order valence-corrected chi connectivity index (χ2v) is 4.47. The van der Waals surface area contributed by atoms with Crippen LogP contribution in [0.15, 0.2) is 24.3 Å². The summed E-state index contributed by atoms with van der Waals surface area (Å²) in [6.07, 6.45) is 6.01. The van der Waals surface area contributed by atoms with E-state index in [4.69, 9.17) is 19.9 Å². The van der Waals surface area contributed by atoms with E-state index in [0.717, 1.165) is 36.5 Å². The first-order chi connectivity index (χ1) is 9.35. The van der Waals surface area contributed by atoms with Crippen LogP contribution < -0.4 is 15.2 Å². The molecular weight excluding hydrogens is 242 g/mol. The third kappa shape index (κ3) is 3.72. The van der Waals surface area contributed by atoms with E-state index in [1.54, 1.807) is 7.11 Å². The minimum Gasteiger partial charge on any atom is -0.492 e. The van der Waals surface area contributed by atoms with Crippen molar-refractivity contribution in [2.45, 2.75) is 18.9 Å². The number of benzene rings is 1. The Balaban J connectivity index is 2.16. The molecule has 0 radical (unpaired) electrons. The molecule has 19 heavy (non-hydrogen) atoms. The quantitative estimate of drug-likeness (QED) is 0.885. The Labute approximate surface area is 114 Å². The van der Waals surface area contributed by atoms with Gasteiger partial charge in [-0.3, -0.25) is 0 Å². The third-order valence-corrected chi connectivity index (χ3v) is 3.06. The molecule has 1 saturated heterocycles. The molecule has 1 aliphatic heterocycles. The number of methoxy groups -OCH3 is 1. The lowest BCUT2D eigenvalue weighted by molar-refractivity contribution is 0.00643. The van der Waals surface area contributed by atoms with Gasteiger partial charge in [0.25, 0.3) is 0 Å². The summed E-state index contributed by atoms with van der Waals surface area (Å²) in [6, 6.07) is 5.86. The summed E-state index contributed by atoms with van der Waals surface area (Å²) in [6.45, 7) is 1.98. The highest BCUT2D eigenvalue weighted by Gasteiger charge is 2.18. The Morgan fingerprint density at radius 2 is 2.37 bits per heavy atom. The van der Waals surface area contributed by atoms with Crippen LogP contribution in [0, 0.1) is 0 Å². The maximum atomic E-state index is 5.98. The van der Waals surface area contributed by atoms with E-state index in [1.807, 2.05) is 30.4 Å². The lowest BCUT2D eigenvalue weighted by Crippen LogP contribution is -2.28. The topological polar surface area (TPSA) is 53.7 Å². The molecule has 4 nitrogen and oxygen atoms in total. The molecule has 1 atom stereocenters. The van der Waals surface area contributed by atoms with Crippen molar-refractivity contribution in [1.82, 2.24) is 0 Å². The number of para-hydroxylation sites is 1. The summed E-state index contributed by atoms with van der Waals surface area (Å²) < 4.78 is 16.9. The monoisotopic (exact) mass is 263 g/mol. The Bertz CT molecular complexity index is 425. The van der Waals surface area contributed by atoms with Crippen molar-refractivity contribution < 1.29 is 14.2 Å². The Morgan fingerprint density at radius 1 is 1.47 bits per heavy atom. The zero-order valence-corrected chi connectivity index (χ0v) is 11.3. The Hall–Kier alpha value is -1.52. The molecular formula is C15H21NO3. The first-order valence-corrected chi connectivity index (χ1v) is 6.63. The van der Waals surface area contributed by atoms with Gasteiger partial charge in [0.2, 0.25) is 0 Å². The minimum atomic E-state index is 0.108. The van der Waals surface area contributed by atoms with E-state index in [2.05, 4.69) is 0 Å². The van der Waals surface area contributed by atoms with Gasteiger partial charge in [-0.1, -0.05) is 24.3 Å². The third-order valence-electron chi connectivity index (χ3n) is 3.06. The van der Waals surface area contributed by atoms with Crippen LogP contribution in [0.5, 0.6) is 11.5 Å². The van der Waals surface area contributed by atoms with Crippen LogP contribution in [0.25, 0.3) is 6.08 Å². The molecule has 1 aromatic carbocycles. The molecule has 0 saturated carbocycles. The fraction of sp³-hybridized carbons (Fsp3) is 0.467. The summed E-state index contributed by atoms with van der Waals surface area (Å²) in [7, 11) is 1.65. The summed E-state index contributed by atoms with van der Waals surface area (Å²) in [5, 5.41) is 0. The molecule has 0 aliphatic carbocycles. The van der Waals surface area contributed by atoms with E-state index in [1.165, 1.54) is 0 Å². The fourth-order valence-corrected chi connectivity index (χ4v) is 2.15. The maximum Gasteiger partial charge on any atom is 0.167 e. The van der Waals surface area contributed by atoms with E-state index in [-0.39, 0.29) is 6.10 Å². The number of hydrogen-bond acceptors (Lipinski definition) is 4. The molecule has 0 spiro atoms. The maximum absolute atomic E-state index is 5.98. The number of nitrogens with two attached hydrogens (primary N) is 1. The van der Waals surface area contributed by atoms with E-state index >= 15 is 0 Å². The predicted octanol–water partition coefficient (Wildman–Crippen LogP) is 2.22. The van der Waals surface area contributed by atoms with Gasteiger partial charge >= 0.3 is 0 Å². The highest BCUT2D eigenvalue weighted by atomic mass is 16.5. The van der Waals surface area contributed by atoms with E-state index < -0.39 is 0 Å². The lowest BCUT2D eigenvalue weighted by atomic mass is 10.1. The van der Waals surface area contributed by atoms with Gasteiger partial charge in [0.05, 0.1) is 13.7 Å². The molecule has 1 heterocycles. The van der Waals surface area contributed by atoms with Crippen molar-refractivity contribution in [1.29, 1.82) is 0 Å². The standard InChI is InChI=1S/C15H21NO3/c1-17-15-12(6-3-9-16)5-2-8-14(15)19-13-7-4-10-18-11-13/h2-3,5-6,8,13H,4,7,9-11,16H2,1H3/b6-3+. The van der Waals surface area contributed by atoms with Crippen LogP contribution in [0.4, 0.5) is 0 Å².